The first-order valence-corrected chi connectivity index (χ1v) is 5.75. The van der Waals surface area contributed by atoms with Crippen LogP contribution in [0.2, 0.25) is 5.02 Å². The third kappa shape index (κ3) is 2.16. The number of carboxylic acid groups (broad SMARTS) is 1. The van der Waals surface area contributed by atoms with Crippen molar-refractivity contribution in [1.29, 1.82) is 0 Å². The van der Waals surface area contributed by atoms with Crippen molar-refractivity contribution in [2.75, 3.05) is 20.3 Å². The first kappa shape index (κ1) is 13.1. The molecule has 5 nitrogen and oxygen atoms in total. The van der Waals surface area contributed by atoms with Crippen LogP contribution in [0.5, 0.6) is 5.75 Å². The highest BCUT2D eigenvalue weighted by Crippen LogP contribution is 2.37. The van der Waals surface area contributed by atoms with Gasteiger partial charge in [0.25, 0.3) is 0 Å². The molecule has 1 N–H and O–H groups in total. The fraction of sp³-hybridized carbons (Fsp3) is 0.417. The van der Waals surface area contributed by atoms with Gasteiger partial charge in [-0.25, -0.2) is 4.79 Å². The molecule has 0 aromatic heterocycles. The maximum Gasteiger partial charge on any atom is 0.337 e. The minimum atomic E-state index is -1.12. The minimum absolute atomic E-state index is 0.0358. The highest BCUT2D eigenvalue weighted by Gasteiger charge is 2.35. The molecule has 1 saturated heterocycles. The fourth-order valence-electron chi connectivity index (χ4n) is 1.85. The number of hydrogen-bond donors (Lipinski definition) is 1. The van der Waals surface area contributed by atoms with E-state index in [-0.39, 0.29) is 16.3 Å². The summed E-state index contributed by atoms with van der Waals surface area (Å²) >= 11 is 5.94. The van der Waals surface area contributed by atoms with Crippen LogP contribution in [-0.4, -0.2) is 31.4 Å². The summed E-state index contributed by atoms with van der Waals surface area (Å²) in [5.41, 5.74) is 0.532. The van der Waals surface area contributed by atoms with Gasteiger partial charge in [-0.3, -0.25) is 0 Å². The van der Waals surface area contributed by atoms with Crippen molar-refractivity contribution in [1.82, 2.24) is 0 Å². The SMILES string of the molecule is COc1cc(C2(C)OCCO2)cc(C(=O)O)c1Cl. The van der Waals surface area contributed by atoms with Gasteiger partial charge < -0.3 is 19.3 Å². The predicted molar refractivity (Wildman–Crippen MR) is 64.2 cm³/mol. The Bertz CT molecular complexity index is 480. The Hall–Kier alpha value is -1.30. The van der Waals surface area contributed by atoms with Crippen LogP contribution in [0.15, 0.2) is 12.1 Å². The number of carboxylic acids is 1. The Morgan fingerprint density at radius 1 is 1.44 bits per heavy atom. The molecule has 0 saturated carbocycles. The van der Waals surface area contributed by atoms with E-state index < -0.39 is 11.8 Å². The second-order valence-corrected chi connectivity index (χ2v) is 4.37. The van der Waals surface area contributed by atoms with Crippen molar-refractivity contribution in [2.45, 2.75) is 12.7 Å². The maximum atomic E-state index is 11.1. The zero-order valence-electron chi connectivity index (χ0n) is 10.0. The molecule has 0 radical (unpaired) electrons. The number of halogens is 1. The number of rotatable bonds is 3. The summed E-state index contributed by atoms with van der Waals surface area (Å²) in [4.78, 5) is 11.1. The zero-order valence-corrected chi connectivity index (χ0v) is 10.8. The van der Waals surface area contributed by atoms with Gasteiger partial charge in [-0.15, -0.1) is 0 Å². The van der Waals surface area contributed by atoms with Crippen LogP contribution in [-0.2, 0) is 15.3 Å². The third-order valence-corrected chi connectivity index (χ3v) is 3.24. The van der Waals surface area contributed by atoms with E-state index in [0.717, 1.165) is 0 Å². The molecule has 1 aromatic rings. The van der Waals surface area contributed by atoms with Gasteiger partial charge in [-0.2, -0.15) is 0 Å². The average molecular weight is 273 g/mol. The quantitative estimate of drug-likeness (QED) is 0.914. The van der Waals surface area contributed by atoms with Gasteiger partial charge >= 0.3 is 5.97 Å². The lowest BCUT2D eigenvalue weighted by atomic mass is 10.0. The van der Waals surface area contributed by atoms with Crippen molar-refractivity contribution >= 4 is 17.6 Å². The van der Waals surface area contributed by atoms with E-state index in [9.17, 15) is 4.79 Å². The number of carbonyl (C=O) groups is 1. The van der Waals surface area contributed by atoms with Crippen molar-refractivity contribution in [2.24, 2.45) is 0 Å². The van der Waals surface area contributed by atoms with Crippen LogP contribution in [0.3, 0.4) is 0 Å². The zero-order chi connectivity index (χ0) is 13.3. The maximum absolute atomic E-state index is 11.1. The van der Waals surface area contributed by atoms with E-state index in [0.29, 0.717) is 18.8 Å². The summed E-state index contributed by atoms with van der Waals surface area (Å²) in [6, 6.07) is 3.07. The van der Waals surface area contributed by atoms with E-state index >= 15 is 0 Å². The molecule has 6 heteroatoms. The Labute approximate surface area is 109 Å². The first-order valence-electron chi connectivity index (χ1n) is 5.37. The number of ether oxygens (including phenoxy) is 3. The fourth-order valence-corrected chi connectivity index (χ4v) is 2.11. The number of hydrogen-bond acceptors (Lipinski definition) is 4. The van der Waals surface area contributed by atoms with Gasteiger partial charge in [0.05, 0.1) is 30.9 Å². The highest BCUT2D eigenvalue weighted by atomic mass is 35.5. The lowest BCUT2D eigenvalue weighted by molar-refractivity contribution is -0.149. The Morgan fingerprint density at radius 3 is 2.56 bits per heavy atom. The largest absolute Gasteiger partial charge is 0.495 e. The van der Waals surface area contributed by atoms with E-state index in [1.807, 2.05) is 0 Å². The molecule has 0 atom stereocenters. The molecule has 0 aliphatic carbocycles. The van der Waals surface area contributed by atoms with E-state index in [2.05, 4.69) is 0 Å². The molecule has 1 heterocycles. The number of methoxy groups -OCH3 is 1. The van der Waals surface area contributed by atoms with Crippen LogP contribution in [0.4, 0.5) is 0 Å². The van der Waals surface area contributed by atoms with E-state index in [4.69, 9.17) is 30.9 Å². The summed E-state index contributed by atoms with van der Waals surface area (Å²) < 4.78 is 16.0. The molecule has 1 fully saturated rings. The monoisotopic (exact) mass is 272 g/mol. The van der Waals surface area contributed by atoms with Crippen molar-refractivity contribution in [3.05, 3.63) is 28.3 Å². The normalized spacial score (nSPS) is 17.7. The molecule has 18 heavy (non-hydrogen) atoms. The summed E-state index contributed by atoms with van der Waals surface area (Å²) in [7, 11) is 1.43. The summed E-state index contributed by atoms with van der Waals surface area (Å²) in [6.45, 7) is 2.65. The van der Waals surface area contributed by atoms with Gasteiger partial charge in [0.1, 0.15) is 5.75 Å². The van der Waals surface area contributed by atoms with Gasteiger partial charge in [0, 0.05) is 5.56 Å². The minimum Gasteiger partial charge on any atom is -0.495 e. The lowest BCUT2D eigenvalue weighted by Crippen LogP contribution is -2.23. The van der Waals surface area contributed by atoms with Gasteiger partial charge in [0.15, 0.2) is 5.79 Å². The summed E-state index contributed by atoms with van der Waals surface area (Å²) in [5.74, 6) is -1.80. The van der Waals surface area contributed by atoms with E-state index in [1.54, 1.807) is 13.0 Å². The second kappa shape index (κ2) is 4.76. The van der Waals surface area contributed by atoms with Crippen LogP contribution in [0.25, 0.3) is 0 Å². The first-order chi connectivity index (χ1) is 8.48. The van der Waals surface area contributed by atoms with E-state index in [1.165, 1.54) is 13.2 Å². The third-order valence-electron chi connectivity index (χ3n) is 2.85. The van der Waals surface area contributed by atoms with Crippen LogP contribution in [0.1, 0.15) is 22.8 Å². The molecule has 0 bridgehead atoms. The molecule has 0 amide bonds. The summed E-state index contributed by atoms with van der Waals surface area (Å²) in [6.07, 6.45) is 0. The van der Waals surface area contributed by atoms with Crippen molar-refractivity contribution in [3.8, 4) is 5.75 Å². The predicted octanol–water partition coefficient (Wildman–Crippen LogP) is 2.27. The van der Waals surface area contributed by atoms with Crippen LogP contribution < -0.4 is 4.74 Å². The Balaban J connectivity index is 2.55. The van der Waals surface area contributed by atoms with Crippen LogP contribution >= 0.6 is 11.6 Å². The van der Waals surface area contributed by atoms with Gasteiger partial charge in [0.2, 0.25) is 0 Å². The van der Waals surface area contributed by atoms with Gasteiger partial charge in [-0.05, 0) is 19.1 Å². The standard InChI is InChI=1S/C12H13ClO5/c1-12(17-3-4-18-12)7-5-8(11(14)15)10(13)9(6-7)16-2/h5-6H,3-4H2,1-2H3,(H,14,15). The molecule has 0 unspecified atom stereocenters. The number of aromatic carboxylic acids is 1. The topological polar surface area (TPSA) is 65.0 Å². The van der Waals surface area contributed by atoms with Crippen LogP contribution in [0, 0.1) is 0 Å². The smallest absolute Gasteiger partial charge is 0.337 e. The molecule has 1 aliphatic rings. The van der Waals surface area contributed by atoms with Crippen molar-refractivity contribution < 1.29 is 24.1 Å². The Kier molecular flexibility index (Phi) is 3.47. The average Bonchev–Trinajstić information content (AvgIpc) is 2.77. The molecule has 0 spiro atoms. The second-order valence-electron chi connectivity index (χ2n) is 3.99. The van der Waals surface area contributed by atoms with Gasteiger partial charge in [-0.1, -0.05) is 11.6 Å². The Morgan fingerprint density at radius 2 is 2.06 bits per heavy atom. The molecule has 2 rings (SSSR count). The molecule has 1 aromatic carbocycles. The molecular weight excluding hydrogens is 260 g/mol. The highest BCUT2D eigenvalue weighted by molar-refractivity contribution is 6.35. The molecular formula is C12H13ClO5. The van der Waals surface area contributed by atoms with Crippen molar-refractivity contribution in [3.63, 3.8) is 0 Å². The lowest BCUT2D eigenvalue weighted by Gasteiger charge is -2.24. The summed E-state index contributed by atoms with van der Waals surface area (Å²) in [5, 5.41) is 9.18. The number of benzene rings is 1. The molecule has 98 valence electrons. The molecule has 1 aliphatic heterocycles.